The van der Waals surface area contributed by atoms with Crippen molar-refractivity contribution in [2.45, 2.75) is 31.8 Å². The molecule has 109 valence electrons. The van der Waals surface area contributed by atoms with Gasteiger partial charge in [0.2, 0.25) is 0 Å². The van der Waals surface area contributed by atoms with Gasteiger partial charge in [0, 0.05) is 24.1 Å². The zero-order valence-corrected chi connectivity index (χ0v) is 11.2. The Morgan fingerprint density at radius 1 is 1.50 bits per heavy atom. The number of rotatable bonds is 3. The van der Waals surface area contributed by atoms with Crippen molar-refractivity contribution in [3.05, 3.63) is 34.6 Å². The first-order chi connectivity index (χ1) is 9.16. The van der Waals surface area contributed by atoms with Gasteiger partial charge in [0.15, 0.2) is 4.87 Å². The molecule has 7 heteroatoms. The minimum Gasteiger partial charge on any atom is -0.488 e. The van der Waals surface area contributed by atoms with Gasteiger partial charge in [-0.3, -0.25) is 0 Å². The second-order valence-corrected chi connectivity index (χ2v) is 5.39. The highest BCUT2D eigenvalue weighted by molar-refractivity contribution is 5.54. The maximum atomic E-state index is 13.9. The number of halogens is 2. The van der Waals surface area contributed by atoms with Crippen LogP contribution >= 0.6 is 0 Å². The van der Waals surface area contributed by atoms with E-state index in [1.54, 1.807) is 13.8 Å². The van der Waals surface area contributed by atoms with E-state index in [1.807, 2.05) is 0 Å². The molecule has 1 heterocycles. The van der Waals surface area contributed by atoms with E-state index in [4.69, 9.17) is 15.7 Å². The van der Waals surface area contributed by atoms with Gasteiger partial charge in [-0.2, -0.15) is 5.84 Å². The molecule has 1 aromatic rings. The molecular weight excluding hydrogens is 270 g/mol. The van der Waals surface area contributed by atoms with Crippen LogP contribution in [-0.2, 0) is 0 Å². The van der Waals surface area contributed by atoms with Crippen molar-refractivity contribution < 1.29 is 23.5 Å². The molecule has 0 saturated carbocycles. The summed E-state index contributed by atoms with van der Waals surface area (Å²) in [5, 5.41) is 8.91. The van der Waals surface area contributed by atoms with Crippen molar-refractivity contribution in [3.63, 3.8) is 0 Å². The van der Waals surface area contributed by atoms with Gasteiger partial charge in [-0.15, -0.1) is 0 Å². The molecule has 2 rings (SSSR count). The lowest BCUT2D eigenvalue weighted by Gasteiger charge is -2.39. The Labute approximate surface area is 114 Å². The first-order valence-corrected chi connectivity index (χ1v) is 6.07. The van der Waals surface area contributed by atoms with Gasteiger partial charge in [0.25, 0.3) is 11.6 Å². The summed E-state index contributed by atoms with van der Waals surface area (Å²) < 4.78 is 33.5. The van der Waals surface area contributed by atoms with Crippen LogP contribution in [-0.4, -0.2) is 28.1 Å². The van der Waals surface area contributed by atoms with Gasteiger partial charge in [0.1, 0.15) is 18.0 Å². The predicted molar refractivity (Wildman–Crippen MR) is 67.6 cm³/mol. The smallest absolute Gasteiger partial charge is 0.292 e. The fraction of sp³-hybridized carbons (Fsp3) is 0.462. The van der Waals surface area contributed by atoms with Gasteiger partial charge in [0.05, 0.1) is 10.8 Å². The average molecular weight is 286 g/mol. The molecule has 0 bridgehead atoms. The van der Waals surface area contributed by atoms with Crippen LogP contribution in [0.25, 0.3) is 0 Å². The van der Waals surface area contributed by atoms with Crippen molar-refractivity contribution in [1.29, 1.82) is 0 Å². The molecule has 3 N–H and O–H groups in total. The van der Waals surface area contributed by atoms with E-state index >= 15 is 0 Å². The van der Waals surface area contributed by atoms with Crippen molar-refractivity contribution in [3.8, 4) is 5.75 Å². The Bertz CT molecular complexity index is 546. The quantitative estimate of drug-likeness (QED) is 0.507. The molecular formula is C13H16F2N2O3+. The monoisotopic (exact) mass is 286 g/mol. The van der Waals surface area contributed by atoms with Gasteiger partial charge in [-0.25, -0.2) is 8.78 Å². The summed E-state index contributed by atoms with van der Waals surface area (Å²) in [6.07, 6.45) is -0.0551. The first-order valence-electron chi connectivity index (χ1n) is 6.07. The van der Waals surface area contributed by atoms with Gasteiger partial charge >= 0.3 is 0 Å². The number of benzene rings is 1. The summed E-state index contributed by atoms with van der Waals surface area (Å²) >= 11 is 0. The third-order valence-electron chi connectivity index (χ3n) is 3.17. The molecule has 0 spiro atoms. The highest BCUT2D eigenvalue weighted by Crippen LogP contribution is 2.47. The zero-order valence-electron chi connectivity index (χ0n) is 11.2. The van der Waals surface area contributed by atoms with Crippen LogP contribution in [0.4, 0.5) is 14.5 Å². The number of hydrogen-bond acceptors (Lipinski definition) is 3. The molecule has 1 aliphatic rings. The molecule has 20 heavy (non-hydrogen) atoms. The van der Waals surface area contributed by atoms with Crippen molar-refractivity contribution in [2.24, 2.45) is 5.84 Å². The van der Waals surface area contributed by atoms with Gasteiger partial charge in [-0.05, 0) is 19.9 Å². The number of aliphatic hydroxyl groups excluding tert-OH is 1. The number of hydrogen-bond donors (Lipinski definition) is 2. The summed E-state index contributed by atoms with van der Waals surface area (Å²) in [5.41, 5.74) is -0.673. The summed E-state index contributed by atoms with van der Waals surface area (Å²) in [5.74, 6) is 1.69. The Kier molecular flexibility index (Phi) is 3.41. The maximum Gasteiger partial charge on any atom is 0.292 e. The van der Waals surface area contributed by atoms with Crippen LogP contribution in [0.1, 0.15) is 25.8 Å². The number of fused-ring (bicyclic) bond motifs is 1. The Hall–Kier alpha value is -1.76. The maximum absolute atomic E-state index is 13.9. The van der Waals surface area contributed by atoms with E-state index in [0.717, 1.165) is 0 Å². The Balaban J connectivity index is 2.55. The highest BCUT2D eigenvalue weighted by Gasteiger charge is 2.48. The molecule has 5 nitrogen and oxygen atoms in total. The highest BCUT2D eigenvalue weighted by atomic mass is 19.3. The molecule has 0 unspecified atom stereocenters. The molecule has 0 fully saturated rings. The third kappa shape index (κ3) is 2.58. The topological polar surface area (TPSA) is 75.6 Å². The molecule has 0 aromatic heterocycles. The lowest BCUT2D eigenvalue weighted by Crippen LogP contribution is -2.43. The third-order valence-corrected chi connectivity index (χ3v) is 3.17. The molecule has 0 atom stereocenters. The number of aliphatic hydroxyl groups is 1. The van der Waals surface area contributed by atoms with Crippen LogP contribution in [0.3, 0.4) is 0 Å². The van der Waals surface area contributed by atoms with Gasteiger partial charge < -0.3 is 9.84 Å². The van der Waals surface area contributed by atoms with Crippen molar-refractivity contribution in [2.75, 3.05) is 6.61 Å². The summed E-state index contributed by atoms with van der Waals surface area (Å²) in [7, 11) is 0. The molecule has 1 aliphatic heterocycles. The van der Waals surface area contributed by atoms with Crippen molar-refractivity contribution >= 4 is 5.69 Å². The molecule has 1 radical (unpaired) electrons. The van der Waals surface area contributed by atoms with Crippen molar-refractivity contribution in [1.82, 2.24) is 0 Å². The predicted octanol–water partition coefficient (Wildman–Crippen LogP) is 2.08. The van der Waals surface area contributed by atoms with Crippen LogP contribution in [0.15, 0.2) is 18.2 Å². The number of alkyl halides is 2. The van der Waals surface area contributed by atoms with E-state index in [1.165, 1.54) is 18.2 Å². The SMILES string of the molecule is CC1(C)C[C](C(F)(F)CO)c2cc([N+](N)=O)ccc2O1. The van der Waals surface area contributed by atoms with E-state index in [-0.39, 0.29) is 34.2 Å². The van der Waals surface area contributed by atoms with E-state index in [2.05, 4.69) is 0 Å². The molecule has 0 aliphatic carbocycles. The number of ether oxygens (including phenoxy) is 1. The van der Waals surface area contributed by atoms with E-state index < -0.39 is 18.1 Å². The summed E-state index contributed by atoms with van der Waals surface area (Å²) in [6, 6.07) is 4.06. The largest absolute Gasteiger partial charge is 0.488 e. The van der Waals surface area contributed by atoms with Crippen LogP contribution < -0.4 is 10.6 Å². The van der Waals surface area contributed by atoms with Gasteiger partial charge in [-0.1, -0.05) is 0 Å². The molecule has 0 saturated heterocycles. The van der Waals surface area contributed by atoms with Crippen LogP contribution in [0, 0.1) is 10.8 Å². The molecule has 1 aromatic carbocycles. The van der Waals surface area contributed by atoms with Crippen LogP contribution in [0.2, 0.25) is 0 Å². The fourth-order valence-corrected chi connectivity index (χ4v) is 2.26. The van der Waals surface area contributed by atoms with E-state index in [9.17, 15) is 13.7 Å². The zero-order chi connectivity index (χ0) is 15.1. The normalized spacial score (nSPS) is 18.2. The number of hydrazine groups is 1. The number of nitrogens with two attached hydrogens (primary N) is 1. The number of nitrogens with zero attached hydrogens (tertiary/aromatic N) is 1. The summed E-state index contributed by atoms with van der Waals surface area (Å²) in [4.78, 5) is 11.2. The van der Waals surface area contributed by atoms with Crippen LogP contribution in [0.5, 0.6) is 5.75 Å². The number of nitroso groups, excluding NO2 is 1. The average Bonchev–Trinajstić information content (AvgIpc) is 2.36. The minimum absolute atomic E-state index is 0.0401. The first kappa shape index (κ1) is 14.6. The summed E-state index contributed by atoms with van der Waals surface area (Å²) in [6.45, 7) is 2.06. The van der Waals surface area contributed by atoms with E-state index in [0.29, 0.717) is 0 Å². The Morgan fingerprint density at radius 2 is 2.15 bits per heavy atom. The lowest BCUT2D eigenvalue weighted by atomic mass is 9.80. The Morgan fingerprint density at radius 3 is 2.70 bits per heavy atom. The molecule has 0 amide bonds. The standard InChI is InChI=1S/C13H16F2N2O3/c1-12(2)6-10(13(14,15)7-18)9-5-8(17(16)19)3-4-11(9)20-12/h3-5,18H,6-7H2,1-2H3,(H2,16,19)/q+1. The second kappa shape index (κ2) is 4.66. The fourth-order valence-electron chi connectivity index (χ4n) is 2.26. The lowest BCUT2D eigenvalue weighted by molar-refractivity contribution is -0.474. The second-order valence-electron chi connectivity index (χ2n) is 5.39. The minimum atomic E-state index is -3.38.